The van der Waals surface area contributed by atoms with E-state index in [2.05, 4.69) is 14.9 Å². The minimum absolute atomic E-state index is 0.0159. The summed E-state index contributed by atoms with van der Waals surface area (Å²) in [7, 11) is 1.88. The van der Waals surface area contributed by atoms with E-state index in [1.165, 1.54) is 0 Å². The van der Waals surface area contributed by atoms with E-state index in [1.54, 1.807) is 11.0 Å². The largest absolute Gasteiger partial charge is 0.353 e. The van der Waals surface area contributed by atoms with Crippen LogP contribution in [0.15, 0.2) is 35.1 Å². The van der Waals surface area contributed by atoms with Crippen LogP contribution < -0.4 is 10.9 Å². The Hall–Kier alpha value is -3.00. The van der Waals surface area contributed by atoms with Crippen LogP contribution in [0.5, 0.6) is 0 Å². The van der Waals surface area contributed by atoms with Gasteiger partial charge in [-0.05, 0) is 25.3 Å². The number of rotatable bonds is 4. The molecule has 0 saturated carbocycles. The maximum atomic E-state index is 12.8. The van der Waals surface area contributed by atoms with Crippen molar-refractivity contribution in [3.63, 3.8) is 0 Å². The summed E-state index contributed by atoms with van der Waals surface area (Å²) in [4.78, 5) is 45.3. The van der Waals surface area contributed by atoms with Gasteiger partial charge in [0.2, 0.25) is 11.8 Å². The molecule has 1 atom stereocenters. The van der Waals surface area contributed by atoms with Crippen molar-refractivity contribution in [1.82, 2.24) is 24.7 Å². The number of hydrogen-bond acceptors (Lipinski definition) is 5. The van der Waals surface area contributed by atoms with E-state index in [4.69, 9.17) is 0 Å². The third-order valence-corrected chi connectivity index (χ3v) is 5.97. The highest BCUT2D eigenvalue weighted by Gasteiger charge is 2.31. The van der Waals surface area contributed by atoms with Gasteiger partial charge in [0.15, 0.2) is 0 Å². The summed E-state index contributed by atoms with van der Waals surface area (Å²) >= 11 is 0. The van der Waals surface area contributed by atoms with Crippen molar-refractivity contribution in [1.29, 1.82) is 0 Å². The fourth-order valence-corrected chi connectivity index (χ4v) is 4.23. The fraction of sp³-hybridized carbons (Fsp3) is 0.455. The number of amides is 2. The minimum atomic E-state index is -0.407. The van der Waals surface area contributed by atoms with E-state index in [0.29, 0.717) is 37.9 Å². The van der Waals surface area contributed by atoms with Gasteiger partial charge in [0.25, 0.3) is 5.56 Å². The molecule has 8 nitrogen and oxygen atoms in total. The Morgan fingerprint density at radius 1 is 1.23 bits per heavy atom. The Balaban J connectivity index is 1.56. The molecule has 30 heavy (non-hydrogen) atoms. The number of aromatic nitrogens is 2. The zero-order valence-electron chi connectivity index (χ0n) is 17.4. The zero-order valence-corrected chi connectivity index (χ0v) is 17.4. The van der Waals surface area contributed by atoms with Gasteiger partial charge in [-0.1, -0.05) is 19.1 Å². The number of nitrogens with one attached hydrogen (secondary N) is 1. The molecule has 158 valence electrons. The molecule has 4 rings (SSSR count). The van der Waals surface area contributed by atoms with E-state index in [0.717, 1.165) is 23.6 Å². The molecule has 3 heterocycles. The number of fused-ring (bicyclic) bond motifs is 1. The maximum absolute atomic E-state index is 12.8. The van der Waals surface area contributed by atoms with Crippen LogP contribution in [0.25, 0.3) is 16.6 Å². The second-order valence-corrected chi connectivity index (χ2v) is 7.82. The van der Waals surface area contributed by atoms with E-state index >= 15 is 0 Å². The van der Waals surface area contributed by atoms with Crippen molar-refractivity contribution in [3.8, 4) is 0 Å². The van der Waals surface area contributed by atoms with E-state index in [1.807, 2.05) is 43.1 Å². The number of hydrogen-bond donors (Lipinski definition) is 1. The van der Waals surface area contributed by atoms with Crippen molar-refractivity contribution in [2.24, 2.45) is 0 Å². The van der Waals surface area contributed by atoms with Crippen molar-refractivity contribution >= 4 is 28.4 Å². The second kappa shape index (κ2) is 8.39. The normalized spacial score (nSPS) is 20.2. The average Bonchev–Trinajstić information content (AvgIpc) is 2.76. The van der Waals surface area contributed by atoms with Crippen LogP contribution in [0.4, 0.5) is 0 Å². The Bertz CT molecular complexity index is 1070. The molecule has 0 aliphatic carbocycles. The number of carbonyl (C=O) groups excluding carboxylic acids is 2. The van der Waals surface area contributed by atoms with Gasteiger partial charge in [0.05, 0.1) is 23.4 Å². The van der Waals surface area contributed by atoms with Gasteiger partial charge in [-0.3, -0.25) is 19.3 Å². The fourth-order valence-electron chi connectivity index (χ4n) is 4.23. The smallest absolute Gasteiger partial charge is 0.280 e. The van der Waals surface area contributed by atoms with Gasteiger partial charge >= 0.3 is 0 Å². The Morgan fingerprint density at radius 3 is 2.73 bits per heavy atom. The van der Waals surface area contributed by atoms with E-state index in [-0.39, 0.29) is 23.8 Å². The Kier molecular flexibility index (Phi) is 5.67. The third-order valence-electron chi connectivity index (χ3n) is 5.97. The molecular formula is C22H27N5O3. The van der Waals surface area contributed by atoms with Gasteiger partial charge < -0.3 is 14.8 Å². The molecule has 8 heteroatoms. The highest BCUT2D eigenvalue weighted by Crippen LogP contribution is 2.23. The molecule has 1 aromatic heterocycles. The molecule has 1 saturated heterocycles. The van der Waals surface area contributed by atoms with E-state index < -0.39 is 6.04 Å². The summed E-state index contributed by atoms with van der Waals surface area (Å²) in [5.74, 6) is 0.631. The second-order valence-electron chi connectivity index (χ2n) is 7.82. The number of nitrogens with zero attached hydrogens (tertiary/aromatic N) is 4. The van der Waals surface area contributed by atoms with Crippen LogP contribution in [0.3, 0.4) is 0 Å². The van der Waals surface area contributed by atoms with Crippen molar-refractivity contribution in [2.75, 3.05) is 33.2 Å². The van der Waals surface area contributed by atoms with Gasteiger partial charge in [-0.15, -0.1) is 0 Å². The SMILES string of the molecule is CCc1nc(=O)c2ccccc2n1C1=CCN(C(=O)C[C@@H]2C(=O)NCCN2C)CC1. The molecule has 2 amide bonds. The number of aryl methyl sites for hydroxylation is 1. The van der Waals surface area contributed by atoms with Crippen LogP contribution in [-0.2, 0) is 16.0 Å². The predicted molar refractivity (Wildman–Crippen MR) is 115 cm³/mol. The lowest BCUT2D eigenvalue weighted by molar-refractivity contribution is -0.138. The molecule has 2 aliphatic heterocycles. The van der Waals surface area contributed by atoms with Gasteiger partial charge in [-0.2, -0.15) is 4.98 Å². The lowest BCUT2D eigenvalue weighted by Crippen LogP contribution is -2.55. The van der Waals surface area contributed by atoms with Gasteiger partial charge in [0, 0.05) is 44.7 Å². The van der Waals surface area contributed by atoms with Crippen molar-refractivity contribution in [3.05, 3.63) is 46.5 Å². The number of para-hydroxylation sites is 1. The van der Waals surface area contributed by atoms with Crippen molar-refractivity contribution in [2.45, 2.75) is 32.2 Å². The molecule has 0 unspecified atom stereocenters. The lowest BCUT2D eigenvalue weighted by atomic mass is 10.1. The predicted octanol–water partition coefficient (Wildman–Crippen LogP) is 0.852. The first-order valence-corrected chi connectivity index (χ1v) is 10.5. The summed E-state index contributed by atoms with van der Waals surface area (Å²) in [5.41, 5.74) is 1.69. The number of benzene rings is 1. The first-order chi connectivity index (χ1) is 14.5. The van der Waals surface area contributed by atoms with E-state index in [9.17, 15) is 14.4 Å². The minimum Gasteiger partial charge on any atom is -0.353 e. The first-order valence-electron chi connectivity index (χ1n) is 10.5. The lowest BCUT2D eigenvalue weighted by Gasteiger charge is -2.34. The Morgan fingerprint density at radius 2 is 2.03 bits per heavy atom. The molecule has 2 aliphatic rings. The molecule has 2 aromatic rings. The quantitative estimate of drug-likeness (QED) is 0.809. The van der Waals surface area contributed by atoms with Crippen LogP contribution in [-0.4, -0.2) is 70.4 Å². The average molecular weight is 409 g/mol. The molecule has 1 N–H and O–H groups in total. The summed E-state index contributed by atoms with van der Waals surface area (Å²) in [6, 6.07) is 7.09. The summed E-state index contributed by atoms with van der Waals surface area (Å²) in [5, 5.41) is 3.43. The number of piperazine rings is 1. The summed E-state index contributed by atoms with van der Waals surface area (Å²) in [6.07, 6.45) is 3.53. The van der Waals surface area contributed by atoms with Crippen LogP contribution in [0.1, 0.15) is 25.6 Å². The number of carbonyl (C=O) groups is 2. The van der Waals surface area contributed by atoms with Crippen molar-refractivity contribution < 1.29 is 9.59 Å². The zero-order chi connectivity index (χ0) is 21.3. The highest BCUT2D eigenvalue weighted by atomic mass is 16.2. The molecule has 0 radical (unpaired) electrons. The summed E-state index contributed by atoms with van der Waals surface area (Å²) in [6.45, 7) is 4.41. The van der Waals surface area contributed by atoms with Crippen LogP contribution >= 0.6 is 0 Å². The first kappa shape index (κ1) is 20.3. The molecular weight excluding hydrogens is 382 g/mol. The monoisotopic (exact) mass is 409 g/mol. The van der Waals surface area contributed by atoms with Gasteiger partial charge in [0.1, 0.15) is 5.82 Å². The standard InChI is InChI=1S/C22H27N5O3/c1-3-19-24-21(29)16-6-4-5-7-17(16)27(19)15-8-11-26(12-9-15)20(28)14-18-22(30)23-10-13-25(18)2/h4-8,18H,3,9-14H2,1-2H3,(H,23,30)/t18-/m1/s1. The summed E-state index contributed by atoms with van der Waals surface area (Å²) < 4.78 is 2.06. The highest BCUT2D eigenvalue weighted by molar-refractivity contribution is 5.89. The molecule has 0 bridgehead atoms. The topological polar surface area (TPSA) is 87.5 Å². The Labute approximate surface area is 175 Å². The number of likely N-dealkylation sites (N-methyl/N-ethyl adjacent to an activating group) is 1. The molecule has 1 aromatic carbocycles. The molecule has 1 fully saturated rings. The van der Waals surface area contributed by atoms with Gasteiger partial charge in [-0.25, -0.2) is 0 Å². The van der Waals surface area contributed by atoms with Crippen LogP contribution in [0, 0.1) is 0 Å². The molecule has 0 spiro atoms. The van der Waals surface area contributed by atoms with Crippen LogP contribution in [0.2, 0.25) is 0 Å². The third kappa shape index (κ3) is 3.75. The maximum Gasteiger partial charge on any atom is 0.280 e.